The molecule has 0 amide bonds. The van der Waals surface area contributed by atoms with Crippen LogP contribution in [0.1, 0.15) is 63.0 Å². The first-order valence-corrected chi connectivity index (χ1v) is 13.9. The van der Waals surface area contributed by atoms with Crippen LogP contribution < -0.4 is 10.5 Å². The van der Waals surface area contributed by atoms with E-state index in [0.29, 0.717) is 11.8 Å². The van der Waals surface area contributed by atoms with Crippen LogP contribution in [0.5, 0.6) is 5.75 Å². The quantitative estimate of drug-likeness (QED) is 0.507. The number of hydrogen-bond donors (Lipinski definition) is 2. The van der Waals surface area contributed by atoms with Gasteiger partial charge in [0.2, 0.25) is 0 Å². The number of methoxy groups -OCH3 is 1. The average Bonchev–Trinajstić information content (AvgIpc) is 2.87. The Morgan fingerprint density at radius 2 is 2.03 bits per heavy atom. The Kier molecular flexibility index (Phi) is 9.30. The van der Waals surface area contributed by atoms with E-state index in [1.54, 1.807) is 7.11 Å². The molecule has 182 valence electrons. The van der Waals surface area contributed by atoms with E-state index >= 15 is 0 Å². The van der Waals surface area contributed by atoms with Crippen LogP contribution in [-0.2, 0) is 0 Å². The molecule has 0 spiro atoms. The molecule has 1 aromatic carbocycles. The summed E-state index contributed by atoms with van der Waals surface area (Å²) in [6.45, 7) is 3.62. The lowest BCUT2D eigenvalue weighted by atomic mass is 9.81. The number of fused-ring (bicyclic) bond motifs is 1. The van der Waals surface area contributed by atoms with Crippen molar-refractivity contribution in [3.8, 4) is 5.75 Å². The number of aliphatic hydroxyl groups excluding tert-OH is 1. The predicted molar refractivity (Wildman–Crippen MR) is 139 cm³/mol. The van der Waals surface area contributed by atoms with Gasteiger partial charge in [0.25, 0.3) is 0 Å². The second-order valence-electron chi connectivity index (χ2n) is 9.89. The van der Waals surface area contributed by atoms with E-state index < -0.39 is 0 Å². The van der Waals surface area contributed by atoms with Gasteiger partial charge in [0.1, 0.15) is 5.75 Å². The molecule has 1 saturated heterocycles. The van der Waals surface area contributed by atoms with Crippen molar-refractivity contribution in [1.82, 2.24) is 9.88 Å². The molecule has 2 aliphatic rings. The summed E-state index contributed by atoms with van der Waals surface area (Å²) < 4.78 is 5.41. The first kappa shape index (κ1) is 24.8. The number of aliphatic hydroxyl groups is 1. The molecule has 3 atom stereocenters. The van der Waals surface area contributed by atoms with E-state index in [1.807, 2.05) is 30.5 Å². The van der Waals surface area contributed by atoms with Gasteiger partial charge in [-0.3, -0.25) is 4.98 Å². The van der Waals surface area contributed by atoms with Gasteiger partial charge in [-0.2, -0.15) is 11.8 Å². The Morgan fingerprint density at radius 3 is 2.82 bits per heavy atom. The average molecular weight is 472 g/mol. The summed E-state index contributed by atoms with van der Waals surface area (Å²) in [4.78, 5) is 7.07. The van der Waals surface area contributed by atoms with E-state index in [9.17, 15) is 5.11 Å². The number of aromatic nitrogens is 1. The van der Waals surface area contributed by atoms with Crippen molar-refractivity contribution in [2.45, 2.75) is 62.7 Å². The van der Waals surface area contributed by atoms with Crippen LogP contribution in [0.25, 0.3) is 10.9 Å². The van der Waals surface area contributed by atoms with Crippen molar-refractivity contribution in [3.63, 3.8) is 0 Å². The lowest BCUT2D eigenvalue weighted by molar-refractivity contribution is 0.0701. The zero-order valence-electron chi connectivity index (χ0n) is 20.1. The lowest BCUT2D eigenvalue weighted by Gasteiger charge is -2.38. The van der Waals surface area contributed by atoms with Crippen LogP contribution in [0.2, 0.25) is 0 Å². The van der Waals surface area contributed by atoms with Gasteiger partial charge in [-0.05, 0) is 80.3 Å². The topological polar surface area (TPSA) is 71.6 Å². The monoisotopic (exact) mass is 471 g/mol. The number of benzene rings is 1. The van der Waals surface area contributed by atoms with E-state index in [1.165, 1.54) is 37.9 Å². The predicted octanol–water partition coefficient (Wildman–Crippen LogP) is 5.02. The molecule has 33 heavy (non-hydrogen) atoms. The molecule has 2 fully saturated rings. The Balaban J connectivity index is 1.27. The summed E-state index contributed by atoms with van der Waals surface area (Å²) in [7, 11) is 1.69. The molecule has 2 aromatic rings. The molecule has 1 aliphatic heterocycles. The van der Waals surface area contributed by atoms with E-state index in [2.05, 4.69) is 21.6 Å². The second kappa shape index (κ2) is 12.4. The Morgan fingerprint density at radius 1 is 1.18 bits per heavy atom. The molecule has 1 aromatic heterocycles. The fourth-order valence-electron chi connectivity index (χ4n) is 5.67. The molecule has 5 nitrogen and oxygen atoms in total. The fourth-order valence-corrected chi connectivity index (χ4v) is 7.04. The third-order valence-electron chi connectivity index (χ3n) is 7.75. The Bertz CT molecular complexity index is 874. The fraction of sp³-hybridized carbons (Fsp3) is 0.667. The number of rotatable bonds is 10. The molecule has 0 unspecified atom stereocenters. The van der Waals surface area contributed by atoms with Crippen LogP contribution in [-0.4, -0.2) is 59.3 Å². The summed E-state index contributed by atoms with van der Waals surface area (Å²) in [6.07, 6.45) is 12.1. The summed E-state index contributed by atoms with van der Waals surface area (Å²) in [5.74, 6) is 2.97. The maximum Gasteiger partial charge on any atom is 0.119 e. The number of likely N-dealkylation sites (tertiary alicyclic amines) is 1. The standard InChI is InChI=1S/C27H41N3O2S/c1-32-22-8-10-27-25(17-22)24(11-13-29-27)26(28)9-7-20-12-14-30(18-21(20)19-31)15-16-33-23-5-3-2-4-6-23/h8,10-11,13,17,20-21,23,26,31H,2-7,9,12,14-16,18-19,28H2,1H3/t20-,21-,26+/m1/s1. The minimum Gasteiger partial charge on any atom is -0.497 e. The molecule has 1 aliphatic carbocycles. The number of ether oxygens (including phenoxy) is 1. The Hall–Kier alpha value is -1.34. The maximum absolute atomic E-state index is 10.1. The highest BCUT2D eigenvalue weighted by Gasteiger charge is 2.29. The summed E-state index contributed by atoms with van der Waals surface area (Å²) in [6, 6.07) is 7.99. The minimum atomic E-state index is -0.0353. The first-order valence-electron chi connectivity index (χ1n) is 12.8. The van der Waals surface area contributed by atoms with Crippen LogP contribution in [0, 0.1) is 11.8 Å². The molecule has 0 bridgehead atoms. The normalized spacial score (nSPS) is 23.6. The van der Waals surface area contributed by atoms with Gasteiger partial charge in [0.15, 0.2) is 0 Å². The van der Waals surface area contributed by atoms with E-state index in [4.69, 9.17) is 10.5 Å². The largest absolute Gasteiger partial charge is 0.497 e. The van der Waals surface area contributed by atoms with E-state index in [-0.39, 0.29) is 12.6 Å². The highest BCUT2D eigenvalue weighted by atomic mass is 32.2. The number of piperidine rings is 1. The van der Waals surface area contributed by atoms with Crippen LogP contribution >= 0.6 is 11.8 Å². The van der Waals surface area contributed by atoms with Gasteiger partial charge in [0, 0.05) is 48.3 Å². The van der Waals surface area contributed by atoms with Crippen molar-refractivity contribution >= 4 is 22.7 Å². The van der Waals surface area contributed by atoms with Gasteiger partial charge in [-0.1, -0.05) is 19.3 Å². The first-order chi connectivity index (χ1) is 16.2. The van der Waals surface area contributed by atoms with Crippen molar-refractivity contribution < 1.29 is 9.84 Å². The number of nitrogens with two attached hydrogens (primary N) is 1. The van der Waals surface area contributed by atoms with Gasteiger partial charge in [-0.15, -0.1) is 0 Å². The van der Waals surface area contributed by atoms with Crippen molar-refractivity contribution in [2.75, 3.05) is 39.1 Å². The molecule has 4 rings (SSSR count). The molecular formula is C27H41N3O2S. The molecular weight excluding hydrogens is 430 g/mol. The van der Waals surface area contributed by atoms with Crippen molar-refractivity contribution in [3.05, 3.63) is 36.0 Å². The number of thioether (sulfide) groups is 1. The number of pyridine rings is 1. The second-order valence-corrected chi connectivity index (χ2v) is 11.3. The van der Waals surface area contributed by atoms with Crippen LogP contribution in [0.4, 0.5) is 0 Å². The molecule has 0 radical (unpaired) electrons. The molecule has 3 N–H and O–H groups in total. The van der Waals surface area contributed by atoms with Crippen molar-refractivity contribution in [1.29, 1.82) is 0 Å². The van der Waals surface area contributed by atoms with Crippen molar-refractivity contribution in [2.24, 2.45) is 17.6 Å². The van der Waals surface area contributed by atoms with Gasteiger partial charge >= 0.3 is 0 Å². The minimum absolute atomic E-state index is 0.0353. The summed E-state index contributed by atoms with van der Waals surface area (Å²) >= 11 is 2.18. The third kappa shape index (κ3) is 6.62. The maximum atomic E-state index is 10.1. The van der Waals surface area contributed by atoms with Gasteiger partial charge in [-0.25, -0.2) is 0 Å². The number of hydrogen-bond acceptors (Lipinski definition) is 6. The lowest BCUT2D eigenvalue weighted by Crippen LogP contribution is -2.43. The third-order valence-corrected chi connectivity index (χ3v) is 9.11. The van der Waals surface area contributed by atoms with E-state index in [0.717, 1.165) is 66.4 Å². The highest BCUT2D eigenvalue weighted by molar-refractivity contribution is 7.99. The zero-order valence-corrected chi connectivity index (χ0v) is 20.9. The Labute approximate surface area is 203 Å². The SMILES string of the molecule is COc1ccc2nccc([C@@H](N)CC[C@@H]3CCN(CCSC4CCCCC4)C[C@@H]3CO)c2c1. The van der Waals surface area contributed by atoms with Crippen LogP contribution in [0.3, 0.4) is 0 Å². The summed E-state index contributed by atoms with van der Waals surface area (Å²) in [5, 5.41) is 12.1. The van der Waals surface area contributed by atoms with Gasteiger partial charge in [0.05, 0.1) is 12.6 Å². The summed E-state index contributed by atoms with van der Waals surface area (Å²) in [5.41, 5.74) is 8.77. The molecule has 2 heterocycles. The van der Waals surface area contributed by atoms with Crippen LogP contribution in [0.15, 0.2) is 30.5 Å². The smallest absolute Gasteiger partial charge is 0.119 e. The van der Waals surface area contributed by atoms with Gasteiger partial charge < -0.3 is 20.5 Å². The molecule has 1 saturated carbocycles. The molecule has 6 heteroatoms. The highest BCUT2D eigenvalue weighted by Crippen LogP contribution is 2.33. The number of nitrogens with zero attached hydrogens (tertiary/aromatic N) is 2. The zero-order chi connectivity index (χ0) is 23.0.